The van der Waals surface area contributed by atoms with Crippen LogP contribution in [0.5, 0.6) is 5.75 Å². The highest BCUT2D eigenvalue weighted by Crippen LogP contribution is 2.39. The molecule has 7 heteroatoms. The normalized spacial score (nSPS) is 13.3. The van der Waals surface area contributed by atoms with Crippen LogP contribution < -0.4 is 10.2 Å². The molecule has 0 radical (unpaired) electrons. The van der Waals surface area contributed by atoms with Crippen molar-refractivity contribution in [3.05, 3.63) is 60.7 Å². The van der Waals surface area contributed by atoms with E-state index in [1.165, 1.54) is 19.1 Å². The first-order valence-corrected chi connectivity index (χ1v) is 10.1. The number of carbonyl (C=O) groups is 1. The van der Waals surface area contributed by atoms with Gasteiger partial charge >= 0.3 is 0 Å². The number of rotatable bonds is 4. The molecule has 32 heavy (non-hydrogen) atoms. The summed E-state index contributed by atoms with van der Waals surface area (Å²) in [5.41, 5.74) is 3.92. The number of phenols is 1. The average Bonchev–Trinajstić information content (AvgIpc) is 2.80. The minimum Gasteiger partial charge on any atom is -0.507 e. The van der Waals surface area contributed by atoms with Crippen LogP contribution in [0.3, 0.4) is 0 Å². The summed E-state index contributed by atoms with van der Waals surface area (Å²) in [6.07, 6.45) is 8.92. The molecule has 0 aliphatic carbocycles. The Balaban J connectivity index is 1.68. The van der Waals surface area contributed by atoms with Crippen molar-refractivity contribution < 1.29 is 14.3 Å². The fourth-order valence-corrected chi connectivity index (χ4v) is 3.66. The van der Waals surface area contributed by atoms with Gasteiger partial charge in [-0.2, -0.15) is 0 Å². The fraction of sp³-hybridized carbons (Fsp3) is 0.160. The van der Waals surface area contributed by atoms with Gasteiger partial charge in [-0.25, -0.2) is 4.39 Å². The van der Waals surface area contributed by atoms with Gasteiger partial charge < -0.3 is 15.3 Å². The molecule has 1 aliphatic heterocycles. The van der Waals surface area contributed by atoms with Crippen LogP contribution >= 0.6 is 0 Å². The Labute approximate surface area is 185 Å². The van der Waals surface area contributed by atoms with Crippen molar-refractivity contribution >= 4 is 23.0 Å². The summed E-state index contributed by atoms with van der Waals surface area (Å²) in [7, 11) is 0. The number of anilines is 2. The Hall–Kier alpha value is -4.18. The predicted molar refractivity (Wildman–Crippen MR) is 124 cm³/mol. The van der Waals surface area contributed by atoms with Crippen molar-refractivity contribution in [3.8, 4) is 40.3 Å². The fourth-order valence-electron chi connectivity index (χ4n) is 3.66. The predicted octanol–water partition coefficient (Wildman–Crippen LogP) is 4.11. The van der Waals surface area contributed by atoms with Gasteiger partial charge in [-0.15, -0.1) is 6.42 Å². The zero-order chi connectivity index (χ0) is 22.7. The number of terminal acetylenes is 1. The quantitative estimate of drug-likeness (QED) is 0.613. The van der Waals surface area contributed by atoms with Gasteiger partial charge in [0.2, 0.25) is 5.91 Å². The third-order valence-electron chi connectivity index (χ3n) is 5.21. The minimum absolute atomic E-state index is 0.0163. The van der Waals surface area contributed by atoms with Crippen LogP contribution in [0.2, 0.25) is 0 Å². The molecule has 0 atom stereocenters. The number of para-hydroxylation sites is 1. The molecule has 0 fully saturated rings. The molecule has 0 bridgehead atoms. The van der Waals surface area contributed by atoms with E-state index >= 15 is 0 Å². The molecular weight excluding hydrogens is 407 g/mol. The number of hydrogen-bond acceptors (Lipinski definition) is 5. The Bertz CT molecular complexity index is 1260. The van der Waals surface area contributed by atoms with Gasteiger partial charge in [-0.3, -0.25) is 14.8 Å². The topological polar surface area (TPSA) is 77.8 Å². The summed E-state index contributed by atoms with van der Waals surface area (Å²) in [4.78, 5) is 22.0. The number of hydrogen-bond donors (Lipinski definition) is 2. The van der Waals surface area contributed by atoms with E-state index in [9.17, 15) is 14.3 Å². The van der Waals surface area contributed by atoms with Gasteiger partial charge in [-0.05, 0) is 23.8 Å². The van der Waals surface area contributed by atoms with E-state index in [0.717, 1.165) is 17.8 Å². The molecule has 2 N–H and O–H groups in total. The van der Waals surface area contributed by atoms with Gasteiger partial charge in [-0.1, -0.05) is 30.2 Å². The molecular formula is C25H21FN4O2. The summed E-state index contributed by atoms with van der Waals surface area (Å²) in [6.45, 7) is 3.19. The first-order chi connectivity index (χ1) is 15.5. The lowest BCUT2D eigenvalue weighted by Crippen LogP contribution is -2.35. The molecule has 3 aromatic rings. The highest BCUT2D eigenvalue weighted by molar-refractivity contribution is 6.03. The second-order valence-corrected chi connectivity index (χ2v) is 7.40. The summed E-state index contributed by atoms with van der Waals surface area (Å²) in [5.74, 6) is 1.67. The molecule has 4 rings (SSSR count). The van der Waals surface area contributed by atoms with Crippen molar-refractivity contribution in [1.29, 1.82) is 0 Å². The molecule has 1 amide bonds. The second-order valence-electron chi connectivity index (χ2n) is 7.40. The number of phenolic OH excluding ortho intramolecular Hbond substituents is 1. The molecule has 1 aliphatic rings. The number of pyridine rings is 1. The van der Waals surface area contributed by atoms with Crippen molar-refractivity contribution in [3.63, 3.8) is 0 Å². The average molecular weight is 428 g/mol. The third kappa shape index (κ3) is 4.30. The lowest BCUT2D eigenvalue weighted by molar-refractivity contribution is -0.114. The summed E-state index contributed by atoms with van der Waals surface area (Å²) in [6, 6.07) is 11.6. The van der Waals surface area contributed by atoms with E-state index in [0.29, 0.717) is 35.5 Å². The van der Waals surface area contributed by atoms with Crippen molar-refractivity contribution in [1.82, 2.24) is 4.98 Å². The van der Waals surface area contributed by atoms with Crippen molar-refractivity contribution in [2.24, 2.45) is 4.99 Å². The monoisotopic (exact) mass is 428 g/mol. The summed E-state index contributed by atoms with van der Waals surface area (Å²) < 4.78 is 14.4. The Kier molecular flexibility index (Phi) is 5.86. The standard InChI is InChI=1S/C25H21FN4O2/c1-3-19-15-30(10-9-28-19)20-11-18(13-27-14-20)22-6-4-5-21(25(22)32)17-7-8-24(23(26)12-17)29-16(2)31/h1,4-8,11-14,32H,9-10,15H2,2H3,(H,29,31). The van der Waals surface area contributed by atoms with E-state index < -0.39 is 5.82 Å². The number of aliphatic imine (C=N–C) groups is 1. The van der Waals surface area contributed by atoms with Crippen LogP contribution in [-0.4, -0.2) is 41.3 Å². The lowest BCUT2D eigenvalue weighted by atomic mass is 9.97. The van der Waals surface area contributed by atoms with Crippen LogP contribution in [0.15, 0.2) is 59.9 Å². The maximum atomic E-state index is 14.4. The number of benzene rings is 2. The number of aromatic hydroxyl groups is 1. The third-order valence-corrected chi connectivity index (χ3v) is 5.21. The van der Waals surface area contributed by atoms with E-state index in [4.69, 9.17) is 6.42 Å². The molecule has 0 saturated heterocycles. The molecule has 0 unspecified atom stereocenters. The van der Waals surface area contributed by atoms with Crippen LogP contribution in [0.4, 0.5) is 15.8 Å². The maximum Gasteiger partial charge on any atom is 0.221 e. The first kappa shape index (κ1) is 21.1. The van der Waals surface area contributed by atoms with Crippen molar-refractivity contribution in [2.45, 2.75) is 6.92 Å². The second kappa shape index (κ2) is 8.90. The largest absolute Gasteiger partial charge is 0.507 e. The number of amides is 1. The number of halogens is 1. The van der Waals surface area contributed by atoms with Crippen LogP contribution in [0, 0.1) is 18.2 Å². The molecule has 2 heterocycles. The minimum atomic E-state index is -0.581. The summed E-state index contributed by atoms with van der Waals surface area (Å²) in [5, 5.41) is 13.4. The van der Waals surface area contributed by atoms with E-state index in [2.05, 4.69) is 26.1 Å². The maximum absolute atomic E-state index is 14.4. The van der Waals surface area contributed by atoms with Gasteiger partial charge in [0.1, 0.15) is 17.3 Å². The molecule has 6 nitrogen and oxygen atoms in total. The van der Waals surface area contributed by atoms with Crippen LogP contribution in [-0.2, 0) is 4.79 Å². The van der Waals surface area contributed by atoms with Crippen LogP contribution in [0.1, 0.15) is 6.92 Å². The highest BCUT2D eigenvalue weighted by Gasteiger charge is 2.17. The number of aromatic nitrogens is 1. The zero-order valence-corrected chi connectivity index (χ0v) is 17.5. The Morgan fingerprint density at radius 1 is 1.19 bits per heavy atom. The number of carbonyl (C=O) groups excluding carboxylic acids is 1. The number of nitrogens with zero attached hydrogens (tertiary/aromatic N) is 3. The Morgan fingerprint density at radius 3 is 2.69 bits per heavy atom. The van der Waals surface area contributed by atoms with E-state index in [1.54, 1.807) is 36.7 Å². The number of nitrogens with one attached hydrogen (secondary N) is 1. The van der Waals surface area contributed by atoms with Gasteiger partial charge in [0.05, 0.1) is 30.7 Å². The van der Waals surface area contributed by atoms with Gasteiger partial charge in [0.25, 0.3) is 0 Å². The lowest BCUT2D eigenvalue weighted by Gasteiger charge is -2.27. The molecule has 2 aromatic carbocycles. The zero-order valence-electron chi connectivity index (χ0n) is 17.5. The van der Waals surface area contributed by atoms with Gasteiger partial charge in [0.15, 0.2) is 0 Å². The molecule has 160 valence electrons. The molecule has 0 spiro atoms. The van der Waals surface area contributed by atoms with Crippen molar-refractivity contribution in [2.75, 3.05) is 29.9 Å². The molecule has 0 saturated carbocycles. The SMILES string of the molecule is C#CC1=NCCN(c2cncc(-c3cccc(-c4ccc(NC(C)=O)c(F)c4)c3O)c2)C1. The van der Waals surface area contributed by atoms with Gasteiger partial charge in [0, 0.05) is 36.4 Å². The van der Waals surface area contributed by atoms with Crippen LogP contribution in [0.25, 0.3) is 22.3 Å². The van der Waals surface area contributed by atoms with E-state index in [-0.39, 0.29) is 17.3 Å². The first-order valence-electron chi connectivity index (χ1n) is 10.1. The van der Waals surface area contributed by atoms with E-state index in [1.807, 2.05) is 6.07 Å². The summed E-state index contributed by atoms with van der Waals surface area (Å²) >= 11 is 0. The Morgan fingerprint density at radius 2 is 1.97 bits per heavy atom. The molecule has 1 aromatic heterocycles. The smallest absolute Gasteiger partial charge is 0.221 e. The highest BCUT2D eigenvalue weighted by atomic mass is 19.1.